The van der Waals surface area contributed by atoms with Gasteiger partial charge in [0.2, 0.25) is 10.0 Å². The van der Waals surface area contributed by atoms with Crippen molar-refractivity contribution in [1.82, 2.24) is 4.72 Å². The number of nitrogens with zero attached hydrogens (tertiary/aromatic N) is 1. The summed E-state index contributed by atoms with van der Waals surface area (Å²) < 4.78 is 30.7. The Labute approximate surface area is 110 Å². The molecule has 0 aliphatic carbocycles. The smallest absolute Gasteiger partial charge is 0.312 e. The van der Waals surface area contributed by atoms with Crippen molar-refractivity contribution < 1.29 is 23.2 Å². The topological polar surface area (TPSA) is 119 Å². The Morgan fingerprint density at radius 2 is 2.16 bits per heavy atom. The number of rotatable bonds is 6. The zero-order valence-corrected chi connectivity index (χ0v) is 11.2. The number of aliphatic hydroxyl groups excluding tert-OH is 1. The maximum Gasteiger partial charge on any atom is 0.312 e. The van der Waals surface area contributed by atoms with Gasteiger partial charge in [-0.15, -0.1) is 0 Å². The highest BCUT2D eigenvalue weighted by molar-refractivity contribution is 7.89. The van der Waals surface area contributed by atoms with Crippen molar-refractivity contribution in [2.24, 2.45) is 0 Å². The Morgan fingerprint density at radius 3 is 2.63 bits per heavy atom. The molecular formula is C10H14N2O6S. The van der Waals surface area contributed by atoms with Crippen LogP contribution in [0.4, 0.5) is 5.69 Å². The monoisotopic (exact) mass is 290 g/mol. The summed E-state index contributed by atoms with van der Waals surface area (Å²) in [6.07, 6.45) is 0. The number of benzene rings is 1. The molecule has 0 fully saturated rings. The fourth-order valence-corrected chi connectivity index (χ4v) is 2.60. The van der Waals surface area contributed by atoms with Crippen LogP contribution in [-0.4, -0.2) is 38.2 Å². The van der Waals surface area contributed by atoms with E-state index in [1.807, 2.05) is 0 Å². The van der Waals surface area contributed by atoms with Gasteiger partial charge in [-0.3, -0.25) is 10.1 Å². The number of methoxy groups -OCH3 is 1. The van der Waals surface area contributed by atoms with Gasteiger partial charge in [0.15, 0.2) is 5.75 Å². The number of sulfonamides is 1. The van der Waals surface area contributed by atoms with Crippen LogP contribution >= 0.6 is 0 Å². The molecule has 1 atom stereocenters. The Kier molecular flexibility index (Phi) is 4.81. The third-order valence-electron chi connectivity index (χ3n) is 2.29. The molecule has 0 aliphatic rings. The number of hydrogen-bond donors (Lipinski definition) is 2. The molecule has 0 aromatic heterocycles. The van der Waals surface area contributed by atoms with Crippen molar-refractivity contribution in [3.8, 4) is 5.75 Å². The summed E-state index contributed by atoms with van der Waals surface area (Å²) in [7, 11) is -2.67. The minimum absolute atomic E-state index is 0.0286. The first kappa shape index (κ1) is 15.3. The SMILES string of the molecule is COc1ccc(S(=O)(=O)NC(C)CO)cc1[N+](=O)[O-]. The third kappa shape index (κ3) is 3.63. The molecule has 0 radical (unpaired) electrons. The van der Waals surface area contributed by atoms with Crippen LogP contribution in [0, 0.1) is 10.1 Å². The van der Waals surface area contributed by atoms with Crippen LogP contribution in [0.1, 0.15) is 6.92 Å². The van der Waals surface area contributed by atoms with Gasteiger partial charge >= 0.3 is 5.69 Å². The van der Waals surface area contributed by atoms with Gasteiger partial charge in [-0.05, 0) is 19.1 Å². The molecule has 1 unspecified atom stereocenters. The van der Waals surface area contributed by atoms with Crippen molar-refractivity contribution in [1.29, 1.82) is 0 Å². The van der Waals surface area contributed by atoms with Crippen molar-refractivity contribution in [3.05, 3.63) is 28.3 Å². The molecule has 1 aromatic carbocycles. The van der Waals surface area contributed by atoms with E-state index in [9.17, 15) is 18.5 Å². The van der Waals surface area contributed by atoms with E-state index in [4.69, 9.17) is 9.84 Å². The highest BCUT2D eigenvalue weighted by Gasteiger charge is 2.23. The lowest BCUT2D eigenvalue weighted by Crippen LogP contribution is -2.35. The normalized spacial score (nSPS) is 13.0. The van der Waals surface area contributed by atoms with Gasteiger partial charge in [-0.2, -0.15) is 0 Å². The largest absolute Gasteiger partial charge is 0.490 e. The lowest BCUT2D eigenvalue weighted by Gasteiger charge is -2.11. The van der Waals surface area contributed by atoms with E-state index >= 15 is 0 Å². The predicted molar refractivity (Wildman–Crippen MR) is 66.5 cm³/mol. The second kappa shape index (κ2) is 5.95. The van der Waals surface area contributed by atoms with Crippen molar-refractivity contribution >= 4 is 15.7 Å². The molecule has 8 nitrogen and oxygen atoms in total. The summed E-state index contributed by atoms with van der Waals surface area (Å²) >= 11 is 0. The minimum atomic E-state index is -3.92. The van der Waals surface area contributed by atoms with Crippen molar-refractivity contribution in [2.45, 2.75) is 17.9 Å². The van der Waals surface area contributed by atoms with Gasteiger partial charge in [0.1, 0.15) is 0 Å². The first-order valence-electron chi connectivity index (χ1n) is 5.27. The number of nitro benzene ring substituents is 1. The third-order valence-corrected chi connectivity index (χ3v) is 3.87. The average Bonchev–Trinajstić information content (AvgIpc) is 2.37. The fraction of sp³-hybridized carbons (Fsp3) is 0.400. The Hall–Kier alpha value is -1.71. The molecule has 0 bridgehead atoms. The lowest BCUT2D eigenvalue weighted by atomic mass is 10.3. The van der Waals surface area contributed by atoms with Gasteiger partial charge in [0, 0.05) is 12.1 Å². The second-order valence-corrected chi connectivity index (χ2v) is 5.51. The molecule has 0 aliphatic heterocycles. The summed E-state index contributed by atoms with van der Waals surface area (Å²) in [4.78, 5) is 9.82. The minimum Gasteiger partial charge on any atom is -0.490 e. The summed E-state index contributed by atoms with van der Waals surface area (Å²) in [5.74, 6) is -0.0286. The van der Waals surface area contributed by atoms with Gasteiger partial charge in [-0.25, -0.2) is 13.1 Å². The molecular weight excluding hydrogens is 276 g/mol. The molecule has 1 aromatic rings. The van der Waals surface area contributed by atoms with Gasteiger partial charge in [0.05, 0.1) is 23.5 Å². The van der Waals surface area contributed by atoms with E-state index in [1.54, 1.807) is 0 Å². The molecule has 0 saturated heterocycles. The Morgan fingerprint density at radius 1 is 1.53 bits per heavy atom. The van der Waals surface area contributed by atoms with Crippen LogP contribution in [-0.2, 0) is 10.0 Å². The summed E-state index contributed by atoms with van der Waals surface area (Å²) in [6, 6.07) is 2.62. The number of hydrogen-bond acceptors (Lipinski definition) is 6. The van der Waals surface area contributed by atoms with E-state index in [0.29, 0.717) is 0 Å². The quantitative estimate of drug-likeness (QED) is 0.573. The zero-order chi connectivity index (χ0) is 14.6. The summed E-state index contributed by atoms with van der Waals surface area (Å²) in [6.45, 7) is 1.09. The molecule has 0 amide bonds. The second-order valence-electron chi connectivity index (χ2n) is 3.80. The van der Waals surface area contributed by atoms with Gasteiger partial charge in [0.25, 0.3) is 0 Å². The molecule has 9 heteroatoms. The van der Waals surface area contributed by atoms with E-state index in [2.05, 4.69) is 4.72 Å². The summed E-state index contributed by atoms with van der Waals surface area (Å²) in [5, 5.41) is 19.6. The number of ether oxygens (including phenoxy) is 1. The van der Waals surface area contributed by atoms with Crippen LogP contribution < -0.4 is 9.46 Å². The molecule has 1 rings (SSSR count). The molecule has 0 heterocycles. The van der Waals surface area contributed by atoms with E-state index in [0.717, 1.165) is 6.07 Å². The van der Waals surface area contributed by atoms with Crippen molar-refractivity contribution in [2.75, 3.05) is 13.7 Å². The molecule has 0 saturated carbocycles. The van der Waals surface area contributed by atoms with E-state index in [1.165, 1.54) is 26.2 Å². The number of aliphatic hydroxyl groups is 1. The van der Waals surface area contributed by atoms with Crippen molar-refractivity contribution in [3.63, 3.8) is 0 Å². The first-order valence-corrected chi connectivity index (χ1v) is 6.75. The van der Waals surface area contributed by atoms with Gasteiger partial charge in [-0.1, -0.05) is 0 Å². The Bertz CT molecular complexity index is 571. The average molecular weight is 290 g/mol. The zero-order valence-electron chi connectivity index (χ0n) is 10.4. The standard InChI is InChI=1S/C10H14N2O6S/c1-7(6-13)11-19(16,17)8-3-4-10(18-2)9(5-8)12(14)15/h3-5,7,11,13H,6H2,1-2H3. The molecule has 106 valence electrons. The molecule has 0 spiro atoms. The van der Waals surface area contributed by atoms with Crippen LogP contribution in [0.3, 0.4) is 0 Å². The predicted octanol–water partition coefficient (Wildman–Crippen LogP) is 0.262. The molecule has 19 heavy (non-hydrogen) atoms. The number of nitrogens with one attached hydrogen (secondary N) is 1. The highest BCUT2D eigenvalue weighted by Crippen LogP contribution is 2.29. The first-order chi connectivity index (χ1) is 8.81. The van der Waals surface area contributed by atoms with E-state index < -0.39 is 26.7 Å². The number of nitro groups is 1. The van der Waals surface area contributed by atoms with E-state index in [-0.39, 0.29) is 17.3 Å². The van der Waals surface area contributed by atoms with Gasteiger partial charge < -0.3 is 9.84 Å². The fourth-order valence-electron chi connectivity index (χ4n) is 1.35. The maximum atomic E-state index is 11.9. The highest BCUT2D eigenvalue weighted by atomic mass is 32.2. The summed E-state index contributed by atoms with van der Waals surface area (Å²) in [5.41, 5.74) is -0.443. The molecule has 2 N–H and O–H groups in total. The van der Waals surface area contributed by atoms with Crippen LogP contribution in [0.25, 0.3) is 0 Å². The maximum absolute atomic E-state index is 11.9. The van der Waals surface area contributed by atoms with Crippen LogP contribution in [0.15, 0.2) is 23.1 Å². The Balaban J connectivity index is 3.22. The lowest BCUT2D eigenvalue weighted by molar-refractivity contribution is -0.386. The van der Waals surface area contributed by atoms with Crippen LogP contribution in [0.5, 0.6) is 5.75 Å². The van der Waals surface area contributed by atoms with Crippen LogP contribution in [0.2, 0.25) is 0 Å².